The molecule has 3 nitrogen and oxygen atoms in total. The van der Waals surface area contributed by atoms with Crippen molar-refractivity contribution in [3.05, 3.63) is 35.4 Å². The minimum absolute atomic E-state index is 0.461. The third kappa shape index (κ3) is 4.18. The number of rotatable bonds is 6. The van der Waals surface area contributed by atoms with Gasteiger partial charge in [-0.3, -0.25) is 0 Å². The lowest BCUT2D eigenvalue weighted by Crippen LogP contribution is -2.31. The van der Waals surface area contributed by atoms with E-state index in [1.165, 1.54) is 0 Å². The Balaban J connectivity index is 2.52. The van der Waals surface area contributed by atoms with Gasteiger partial charge in [0.15, 0.2) is 0 Å². The Labute approximate surface area is 103 Å². The lowest BCUT2D eigenvalue weighted by molar-refractivity contribution is 0.169. The van der Waals surface area contributed by atoms with E-state index in [0.717, 1.165) is 18.4 Å². The summed E-state index contributed by atoms with van der Waals surface area (Å²) < 4.78 is 0. The molecule has 0 aliphatic carbocycles. The maximum absolute atomic E-state index is 9.98. The number of aliphatic hydroxyl groups excluding tert-OH is 1. The summed E-state index contributed by atoms with van der Waals surface area (Å²) in [6.45, 7) is 4.82. The van der Waals surface area contributed by atoms with Gasteiger partial charge in [-0.15, -0.1) is 0 Å². The molecule has 0 saturated carbocycles. The zero-order chi connectivity index (χ0) is 12.7. The molecule has 17 heavy (non-hydrogen) atoms. The van der Waals surface area contributed by atoms with Gasteiger partial charge < -0.3 is 10.4 Å². The summed E-state index contributed by atoms with van der Waals surface area (Å²) in [6, 6.07) is 9.60. The summed E-state index contributed by atoms with van der Waals surface area (Å²) in [6.07, 6.45) is 1.62. The minimum Gasteiger partial charge on any atom is -0.387 e. The van der Waals surface area contributed by atoms with Crippen LogP contribution < -0.4 is 5.32 Å². The molecule has 0 aliphatic heterocycles. The molecule has 0 bridgehead atoms. The van der Waals surface area contributed by atoms with E-state index in [9.17, 15) is 5.11 Å². The van der Waals surface area contributed by atoms with Crippen LogP contribution in [0.15, 0.2) is 24.3 Å². The molecule has 1 rings (SSSR count). The van der Waals surface area contributed by atoms with E-state index in [1.54, 1.807) is 24.3 Å². The Morgan fingerprint density at radius 3 is 2.29 bits per heavy atom. The molecule has 0 radical (unpaired) electrons. The van der Waals surface area contributed by atoms with Crippen LogP contribution in [0, 0.1) is 11.3 Å². The topological polar surface area (TPSA) is 56.0 Å². The summed E-state index contributed by atoms with van der Waals surface area (Å²) in [4.78, 5) is 0. The molecule has 1 aromatic carbocycles. The third-order valence-corrected chi connectivity index (χ3v) is 3.01. The zero-order valence-electron chi connectivity index (χ0n) is 10.5. The molecule has 3 heteroatoms. The molecular weight excluding hydrogens is 212 g/mol. The number of nitriles is 1. The molecule has 0 saturated heterocycles. The van der Waals surface area contributed by atoms with Crippen molar-refractivity contribution in [1.82, 2.24) is 5.32 Å². The van der Waals surface area contributed by atoms with Gasteiger partial charge in [0.05, 0.1) is 17.7 Å². The Kier molecular flexibility index (Phi) is 5.68. The van der Waals surface area contributed by atoms with Gasteiger partial charge in [-0.2, -0.15) is 5.26 Å². The fourth-order valence-corrected chi connectivity index (χ4v) is 1.75. The summed E-state index contributed by atoms with van der Waals surface area (Å²) in [5.74, 6) is 0. The number of hydrogen-bond donors (Lipinski definition) is 2. The van der Waals surface area contributed by atoms with Crippen LogP contribution >= 0.6 is 0 Å². The molecule has 2 N–H and O–H groups in total. The Hall–Kier alpha value is -1.37. The first-order valence-electron chi connectivity index (χ1n) is 6.12. The first-order chi connectivity index (χ1) is 8.21. The predicted octanol–water partition coefficient (Wildman–Crippen LogP) is 2.37. The minimum atomic E-state index is -0.511. The highest BCUT2D eigenvalue weighted by atomic mass is 16.3. The predicted molar refractivity (Wildman–Crippen MR) is 68.5 cm³/mol. The molecule has 92 valence electrons. The van der Waals surface area contributed by atoms with Crippen LogP contribution in [0.4, 0.5) is 0 Å². The van der Waals surface area contributed by atoms with E-state index in [4.69, 9.17) is 5.26 Å². The van der Waals surface area contributed by atoms with Crippen LogP contribution in [0.1, 0.15) is 43.9 Å². The van der Waals surface area contributed by atoms with Crippen molar-refractivity contribution in [3.8, 4) is 6.07 Å². The number of aliphatic hydroxyl groups is 1. The normalized spacial score (nSPS) is 12.4. The van der Waals surface area contributed by atoms with Crippen LogP contribution in [0.2, 0.25) is 0 Å². The molecule has 0 fully saturated rings. The summed E-state index contributed by atoms with van der Waals surface area (Å²) >= 11 is 0. The fraction of sp³-hybridized carbons (Fsp3) is 0.500. The average Bonchev–Trinajstić information content (AvgIpc) is 2.39. The summed E-state index contributed by atoms with van der Waals surface area (Å²) in [7, 11) is 0. The average molecular weight is 232 g/mol. The van der Waals surface area contributed by atoms with Gasteiger partial charge in [0.1, 0.15) is 0 Å². The monoisotopic (exact) mass is 232 g/mol. The Morgan fingerprint density at radius 2 is 1.82 bits per heavy atom. The number of nitrogens with one attached hydrogen (secondary N) is 1. The van der Waals surface area contributed by atoms with Gasteiger partial charge in [-0.05, 0) is 30.5 Å². The molecular formula is C14H20N2O. The molecule has 0 aliphatic rings. The van der Waals surface area contributed by atoms with Crippen molar-refractivity contribution >= 4 is 0 Å². The van der Waals surface area contributed by atoms with Crippen LogP contribution in [0.25, 0.3) is 0 Å². The standard InChI is InChI=1S/C14H20N2O/c1-3-13(4-2)16-10-14(17)12-7-5-11(9-15)6-8-12/h5-8,13-14,16-17H,3-4,10H2,1-2H3. The van der Waals surface area contributed by atoms with Crippen molar-refractivity contribution in [1.29, 1.82) is 5.26 Å². The highest BCUT2D eigenvalue weighted by molar-refractivity contribution is 5.32. The lowest BCUT2D eigenvalue weighted by Gasteiger charge is -2.18. The van der Waals surface area contributed by atoms with E-state index in [2.05, 4.69) is 25.2 Å². The number of nitrogens with zero attached hydrogens (tertiary/aromatic N) is 1. The van der Waals surface area contributed by atoms with Gasteiger partial charge in [-0.1, -0.05) is 26.0 Å². The second-order valence-corrected chi connectivity index (χ2v) is 4.17. The second kappa shape index (κ2) is 7.05. The molecule has 1 atom stereocenters. The highest BCUT2D eigenvalue weighted by Gasteiger charge is 2.09. The van der Waals surface area contributed by atoms with Crippen molar-refractivity contribution in [2.75, 3.05) is 6.54 Å². The SMILES string of the molecule is CCC(CC)NCC(O)c1ccc(C#N)cc1. The van der Waals surface area contributed by atoms with Crippen LogP contribution in [-0.2, 0) is 0 Å². The van der Waals surface area contributed by atoms with Gasteiger partial charge in [0.25, 0.3) is 0 Å². The van der Waals surface area contributed by atoms with E-state index in [-0.39, 0.29) is 0 Å². The van der Waals surface area contributed by atoms with E-state index < -0.39 is 6.10 Å². The smallest absolute Gasteiger partial charge is 0.0991 e. The molecule has 0 aromatic heterocycles. The Bertz CT molecular complexity index is 363. The van der Waals surface area contributed by atoms with Crippen molar-refractivity contribution in [3.63, 3.8) is 0 Å². The maximum atomic E-state index is 9.98. The largest absolute Gasteiger partial charge is 0.387 e. The maximum Gasteiger partial charge on any atom is 0.0991 e. The van der Waals surface area contributed by atoms with E-state index in [0.29, 0.717) is 18.2 Å². The third-order valence-electron chi connectivity index (χ3n) is 3.01. The van der Waals surface area contributed by atoms with Gasteiger partial charge in [0, 0.05) is 12.6 Å². The highest BCUT2D eigenvalue weighted by Crippen LogP contribution is 2.13. The van der Waals surface area contributed by atoms with Crippen LogP contribution in [0.3, 0.4) is 0 Å². The fourth-order valence-electron chi connectivity index (χ4n) is 1.75. The zero-order valence-corrected chi connectivity index (χ0v) is 10.5. The molecule has 0 spiro atoms. The summed E-state index contributed by atoms with van der Waals surface area (Å²) in [5, 5.41) is 22.0. The van der Waals surface area contributed by atoms with E-state index >= 15 is 0 Å². The van der Waals surface area contributed by atoms with E-state index in [1.807, 2.05) is 0 Å². The van der Waals surface area contributed by atoms with Crippen molar-refractivity contribution in [2.24, 2.45) is 0 Å². The quantitative estimate of drug-likeness (QED) is 0.791. The number of hydrogen-bond acceptors (Lipinski definition) is 3. The van der Waals surface area contributed by atoms with Crippen LogP contribution in [-0.4, -0.2) is 17.7 Å². The number of benzene rings is 1. The second-order valence-electron chi connectivity index (χ2n) is 4.17. The van der Waals surface area contributed by atoms with Gasteiger partial charge >= 0.3 is 0 Å². The molecule has 1 aromatic rings. The van der Waals surface area contributed by atoms with Gasteiger partial charge in [0.2, 0.25) is 0 Å². The Morgan fingerprint density at radius 1 is 1.24 bits per heavy atom. The van der Waals surface area contributed by atoms with Crippen LogP contribution in [0.5, 0.6) is 0 Å². The van der Waals surface area contributed by atoms with Crippen molar-refractivity contribution in [2.45, 2.75) is 38.8 Å². The first kappa shape index (κ1) is 13.7. The molecule has 0 heterocycles. The van der Waals surface area contributed by atoms with Crippen molar-refractivity contribution < 1.29 is 5.11 Å². The molecule has 0 amide bonds. The molecule has 1 unspecified atom stereocenters. The summed E-state index contributed by atoms with van der Waals surface area (Å²) in [5.41, 5.74) is 1.47. The lowest BCUT2D eigenvalue weighted by atomic mass is 10.1. The van der Waals surface area contributed by atoms with Gasteiger partial charge in [-0.25, -0.2) is 0 Å². The first-order valence-corrected chi connectivity index (χ1v) is 6.12.